The van der Waals surface area contributed by atoms with Crippen molar-refractivity contribution in [2.45, 2.75) is 46.3 Å². The van der Waals surface area contributed by atoms with E-state index in [9.17, 15) is 18.0 Å². The molecule has 1 unspecified atom stereocenters. The van der Waals surface area contributed by atoms with Gasteiger partial charge in [0.15, 0.2) is 5.69 Å². The molecule has 2 aromatic rings. The van der Waals surface area contributed by atoms with Crippen LogP contribution in [0.1, 0.15) is 42.2 Å². The first-order chi connectivity index (χ1) is 11.1. The highest BCUT2D eigenvalue weighted by atomic mass is 35.5. The first-order valence-electron chi connectivity index (χ1n) is 7.22. The van der Waals surface area contributed by atoms with E-state index in [-0.39, 0.29) is 11.4 Å². The van der Waals surface area contributed by atoms with Crippen molar-refractivity contribution in [3.8, 4) is 0 Å². The molecule has 0 fully saturated rings. The Hall–Kier alpha value is -2.03. The Morgan fingerprint density at radius 1 is 1.38 bits per heavy atom. The number of carbonyl (C=O) groups is 1. The van der Waals surface area contributed by atoms with Crippen LogP contribution in [0.2, 0.25) is 5.02 Å². The zero-order valence-corrected chi connectivity index (χ0v) is 14.3. The lowest BCUT2D eigenvalue weighted by molar-refractivity contribution is -0.140. The van der Waals surface area contributed by atoms with Gasteiger partial charge in [-0.25, -0.2) is 0 Å². The van der Waals surface area contributed by atoms with Crippen LogP contribution >= 0.6 is 11.6 Å². The maximum atomic E-state index is 13.0. The molecule has 2 heterocycles. The maximum absolute atomic E-state index is 13.0. The molecule has 0 saturated heterocycles. The molecule has 2 aromatic heterocycles. The van der Waals surface area contributed by atoms with E-state index < -0.39 is 23.8 Å². The van der Waals surface area contributed by atoms with Gasteiger partial charge in [-0.15, -0.1) is 0 Å². The topological polar surface area (TPSA) is 75.6 Å². The SMILES string of the molecule is CCC(C(=O)Nc1c(C(F)(F)F)n[nH]c1C)n1nc(C)c(Cl)c1C. The fourth-order valence-electron chi connectivity index (χ4n) is 2.41. The number of aryl methyl sites for hydroxylation is 2. The molecular formula is C14H17ClF3N5O. The number of nitrogens with zero attached hydrogens (tertiary/aromatic N) is 3. The largest absolute Gasteiger partial charge is 0.437 e. The van der Waals surface area contributed by atoms with Gasteiger partial charge in [-0.05, 0) is 27.2 Å². The number of nitrogens with one attached hydrogen (secondary N) is 2. The van der Waals surface area contributed by atoms with Crippen molar-refractivity contribution in [2.75, 3.05) is 5.32 Å². The molecule has 0 radical (unpaired) electrons. The summed E-state index contributed by atoms with van der Waals surface area (Å²) < 4.78 is 40.3. The molecule has 132 valence electrons. The lowest BCUT2D eigenvalue weighted by Crippen LogP contribution is -2.28. The van der Waals surface area contributed by atoms with Gasteiger partial charge < -0.3 is 5.32 Å². The molecule has 6 nitrogen and oxygen atoms in total. The van der Waals surface area contributed by atoms with E-state index in [1.807, 2.05) is 0 Å². The quantitative estimate of drug-likeness (QED) is 0.867. The highest BCUT2D eigenvalue weighted by molar-refractivity contribution is 6.31. The highest BCUT2D eigenvalue weighted by Crippen LogP contribution is 2.35. The number of hydrogen-bond donors (Lipinski definition) is 2. The molecule has 24 heavy (non-hydrogen) atoms. The van der Waals surface area contributed by atoms with Crippen molar-refractivity contribution in [1.82, 2.24) is 20.0 Å². The fraction of sp³-hybridized carbons (Fsp3) is 0.500. The van der Waals surface area contributed by atoms with Crippen LogP contribution in [0.25, 0.3) is 0 Å². The number of amides is 1. The van der Waals surface area contributed by atoms with Crippen LogP contribution in [-0.4, -0.2) is 25.9 Å². The maximum Gasteiger partial charge on any atom is 0.437 e. The Kier molecular flexibility index (Phi) is 4.93. The minimum Gasteiger partial charge on any atom is -0.321 e. The van der Waals surface area contributed by atoms with Crippen LogP contribution in [0, 0.1) is 20.8 Å². The Morgan fingerprint density at radius 2 is 2.00 bits per heavy atom. The van der Waals surface area contributed by atoms with Gasteiger partial charge in [-0.3, -0.25) is 14.6 Å². The third kappa shape index (κ3) is 3.26. The number of H-pyrrole nitrogens is 1. The summed E-state index contributed by atoms with van der Waals surface area (Å²) in [4.78, 5) is 12.5. The number of alkyl halides is 3. The van der Waals surface area contributed by atoms with Crippen LogP contribution in [0.15, 0.2) is 0 Å². The molecule has 10 heteroatoms. The Morgan fingerprint density at radius 3 is 2.46 bits per heavy atom. The summed E-state index contributed by atoms with van der Waals surface area (Å²) in [5, 5.41) is 12.4. The van der Waals surface area contributed by atoms with E-state index in [0.29, 0.717) is 22.8 Å². The number of hydrogen-bond acceptors (Lipinski definition) is 3. The second kappa shape index (κ2) is 6.46. The Balaban J connectivity index is 2.35. The van der Waals surface area contributed by atoms with Crippen molar-refractivity contribution >= 4 is 23.2 Å². The fourth-order valence-corrected chi connectivity index (χ4v) is 2.53. The molecule has 0 aromatic carbocycles. The van der Waals surface area contributed by atoms with Crippen molar-refractivity contribution in [3.05, 3.63) is 27.8 Å². The number of anilines is 1. The summed E-state index contributed by atoms with van der Waals surface area (Å²) in [6.45, 7) is 6.53. The number of halogens is 4. The van der Waals surface area contributed by atoms with Gasteiger partial charge in [0.05, 0.1) is 27.8 Å². The summed E-state index contributed by atoms with van der Waals surface area (Å²) in [6, 6.07) is -0.786. The molecule has 1 amide bonds. The Labute approximate surface area is 141 Å². The molecule has 0 spiro atoms. The zero-order valence-electron chi connectivity index (χ0n) is 13.5. The molecule has 1 atom stereocenters. The van der Waals surface area contributed by atoms with E-state index in [4.69, 9.17) is 11.6 Å². The first kappa shape index (κ1) is 18.3. The lowest BCUT2D eigenvalue weighted by Gasteiger charge is -2.18. The van der Waals surface area contributed by atoms with Gasteiger partial charge in [-0.1, -0.05) is 18.5 Å². The smallest absolute Gasteiger partial charge is 0.321 e. The number of carbonyl (C=O) groups excluding carboxylic acids is 1. The second-order valence-electron chi connectivity index (χ2n) is 5.41. The van der Waals surface area contributed by atoms with Crippen molar-refractivity contribution in [3.63, 3.8) is 0 Å². The molecule has 2 rings (SSSR count). The van der Waals surface area contributed by atoms with E-state index in [1.165, 1.54) is 11.6 Å². The molecule has 0 saturated carbocycles. The van der Waals surface area contributed by atoms with Crippen molar-refractivity contribution in [1.29, 1.82) is 0 Å². The van der Waals surface area contributed by atoms with Crippen LogP contribution < -0.4 is 5.32 Å². The van der Waals surface area contributed by atoms with Gasteiger partial charge >= 0.3 is 6.18 Å². The van der Waals surface area contributed by atoms with Gasteiger partial charge in [0, 0.05) is 0 Å². The summed E-state index contributed by atoms with van der Waals surface area (Å²) in [5.41, 5.74) is -0.280. The van der Waals surface area contributed by atoms with Gasteiger partial charge in [-0.2, -0.15) is 23.4 Å². The van der Waals surface area contributed by atoms with E-state index >= 15 is 0 Å². The molecule has 0 aliphatic rings. The number of aromatic nitrogens is 4. The van der Waals surface area contributed by atoms with E-state index in [2.05, 4.69) is 20.6 Å². The molecular weight excluding hydrogens is 347 g/mol. The minimum absolute atomic E-state index is 0.122. The van der Waals surface area contributed by atoms with Gasteiger partial charge in [0.1, 0.15) is 6.04 Å². The first-order valence-corrected chi connectivity index (χ1v) is 7.59. The van der Waals surface area contributed by atoms with Crippen LogP contribution in [0.3, 0.4) is 0 Å². The average Bonchev–Trinajstić information content (AvgIpc) is 2.96. The zero-order chi connectivity index (χ0) is 18.2. The normalized spacial score (nSPS) is 13.2. The van der Waals surface area contributed by atoms with E-state index in [1.54, 1.807) is 20.8 Å². The van der Waals surface area contributed by atoms with E-state index in [0.717, 1.165) is 0 Å². The number of rotatable bonds is 4. The predicted molar refractivity (Wildman–Crippen MR) is 83.0 cm³/mol. The predicted octanol–water partition coefficient (Wildman–Crippen LogP) is 3.79. The molecule has 0 bridgehead atoms. The number of aromatic amines is 1. The van der Waals surface area contributed by atoms with Gasteiger partial charge in [0.2, 0.25) is 5.91 Å². The third-order valence-corrected chi connectivity index (χ3v) is 4.23. The Bertz CT molecular complexity index is 765. The van der Waals surface area contributed by atoms with Crippen molar-refractivity contribution < 1.29 is 18.0 Å². The molecule has 0 aliphatic carbocycles. The lowest BCUT2D eigenvalue weighted by atomic mass is 10.2. The average molecular weight is 364 g/mol. The second-order valence-corrected chi connectivity index (χ2v) is 5.79. The summed E-state index contributed by atoms with van der Waals surface area (Å²) >= 11 is 6.08. The van der Waals surface area contributed by atoms with Gasteiger partial charge in [0.25, 0.3) is 0 Å². The highest BCUT2D eigenvalue weighted by Gasteiger charge is 2.38. The van der Waals surface area contributed by atoms with Crippen LogP contribution in [-0.2, 0) is 11.0 Å². The van der Waals surface area contributed by atoms with Crippen LogP contribution in [0.4, 0.5) is 18.9 Å². The third-order valence-electron chi connectivity index (χ3n) is 3.69. The monoisotopic (exact) mass is 363 g/mol. The molecule has 2 N–H and O–H groups in total. The molecule has 0 aliphatic heterocycles. The summed E-state index contributed by atoms with van der Waals surface area (Å²) in [6.07, 6.45) is -4.33. The van der Waals surface area contributed by atoms with Crippen molar-refractivity contribution in [2.24, 2.45) is 0 Å². The summed E-state index contributed by atoms with van der Waals surface area (Å²) in [7, 11) is 0. The minimum atomic E-state index is -4.67. The van der Waals surface area contributed by atoms with Crippen LogP contribution in [0.5, 0.6) is 0 Å². The summed E-state index contributed by atoms with van der Waals surface area (Å²) in [5.74, 6) is -0.616. The standard InChI is InChI=1S/C14H17ClF3N5O/c1-5-9(23-8(4)10(15)6(2)22-23)13(24)19-11-7(3)20-21-12(11)14(16,17)18/h9H,5H2,1-4H3,(H,19,24)(H,20,21).